The summed E-state index contributed by atoms with van der Waals surface area (Å²) in [5, 5.41) is 6.95. The van der Waals surface area contributed by atoms with Crippen LogP contribution >= 0.6 is 0 Å². The van der Waals surface area contributed by atoms with E-state index < -0.39 is 0 Å². The van der Waals surface area contributed by atoms with Gasteiger partial charge in [0.2, 0.25) is 5.91 Å². The van der Waals surface area contributed by atoms with Crippen molar-refractivity contribution in [3.63, 3.8) is 0 Å². The molecule has 0 unspecified atom stereocenters. The van der Waals surface area contributed by atoms with Crippen molar-refractivity contribution in [3.05, 3.63) is 90.6 Å². The molecule has 0 spiro atoms. The summed E-state index contributed by atoms with van der Waals surface area (Å²) in [5.74, 6) is -0.134. The molecule has 0 atom stereocenters. The highest BCUT2D eigenvalue weighted by Gasteiger charge is 2.24. The van der Waals surface area contributed by atoms with Crippen LogP contribution < -0.4 is 10.6 Å². The van der Waals surface area contributed by atoms with E-state index >= 15 is 0 Å². The summed E-state index contributed by atoms with van der Waals surface area (Å²) in [7, 11) is 0. The zero-order valence-corrected chi connectivity index (χ0v) is 19.4. The summed E-state index contributed by atoms with van der Waals surface area (Å²) in [6.07, 6.45) is 3.31. The summed E-state index contributed by atoms with van der Waals surface area (Å²) >= 11 is 0. The van der Waals surface area contributed by atoms with E-state index in [-0.39, 0.29) is 17.9 Å². The second kappa shape index (κ2) is 10.4. The fourth-order valence-corrected chi connectivity index (χ4v) is 4.43. The first kappa shape index (κ1) is 22.7. The minimum Gasteiger partial charge on any atom is -0.349 e. The van der Waals surface area contributed by atoms with Crippen LogP contribution in [-0.4, -0.2) is 52.4 Å². The van der Waals surface area contributed by atoms with E-state index in [1.54, 1.807) is 6.20 Å². The number of nitrogens with one attached hydrogen (secondary N) is 2. The predicted octanol–water partition coefficient (Wildman–Crippen LogP) is 4.13. The van der Waals surface area contributed by atoms with Gasteiger partial charge in [0.1, 0.15) is 0 Å². The number of para-hydroxylation sites is 2. The molecule has 2 aromatic carbocycles. The molecule has 5 rings (SSSR count). The molecular weight excluding hydrogens is 438 g/mol. The van der Waals surface area contributed by atoms with Crippen molar-refractivity contribution in [2.24, 2.45) is 0 Å². The maximum Gasteiger partial charge on any atom is 0.252 e. The molecule has 1 fully saturated rings. The number of benzene rings is 2. The molecule has 0 bridgehead atoms. The molecule has 35 heavy (non-hydrogen) atoms. The van der Waals surface area contributed by atoms with Crippen LogP contribution in [0, 0.1) is 0 Å². The largest absolute Gasteiger partial charge is 0.349 e. The molecule has 1 aliphatic heterocycles. The van der Waals surface area contributed by atoms with Crippen molar-refractivity contribution in [2.45, 2.75) is 18.9 Å². The number of piperidine rings is 1. The van der Waals surface area contributed by atoms with Gasteiger partial charge in [0.15, 0.2) is 0 Å². The van der Waals surface area contributed by atoms with Crippen LogP contribution in [0.5, 0.6) is 0 Å². The van der Waals surface area contributed by atoms with Crippen molar-refractivity contribution < 1.29 is 9.59 Å². The molecule has 2 N–H and O–H groups in total. The highest BCUT2D eigenvalue weighted by Crippen LogP contribution is 2.24. The third kappa shape index (κ3) is 5.53. The van der Waals surface area contributed by atoms with Crippen molar-refractivity contribution in [3.8, 4) is 11.4 Å². The average molecular weight is 466 g/mol. The van der Waals surface area contributed by atoms with Gasteiger partial charge in [0, 0.05) is 36.4 Å². The Balaban J connectivity index is 1.23. The Morgan fingerprint density at radius 1 is 0.886 bits per heavy atom. The smallest absolute Gasteiger partial charge is 0.252 e. The van der Waals surface area contributed by atoms with E-state index in [9.17, 15) is 9.59 Å². The van der Waals surface area contributed by atoms with Crippen molar-refractivity contribution in [1.29, 1.82) is 0 Å². The van der Waals surface area contributed by atoms with E-state index in [2.05, 4.69) is 20.5 Å². The van der Waals surface area contributed by atoms with E-state index in [1.165, 1.54) is 0 Å². The number of fused-ring (bicyclic) bond motifs is 1. The average Bonchev–Trinajstić information content (AvgIpc) is 2.90. The first-order valence-corrected chi connectivity index (χ1v) is 11.8. The van der Waals surface area contributed by atoms with Crippen LogP contribution in [0.25, 0.3) is 22.3 Å². The van der Waals surface area contributed by atoms with E-state index in [0.29, 0.717) is 17.8 Å². The van der Waals surface area contributed by atoms with E-state index in [1.807, 2.05) is 78.9 Å². The fourth-order valence-electron chi connectivity index (χ4n) is 4.43. The SMILES string of the molecule is O=C(CN1CCC(NC(=O)c2cc(-c3ccccn3)nc3ccccc23)CC1)Nc1ccccc1. The van der Waals surface area contributed by atoms with Crippen LogP contribution in [0.1, 0.15) is 23.2 Å². The highest BCUT2D eigenvalue weighted by molar-refractivity contribution is 6.07. The Hall–Kier alpha value is -4.10. The third-order valence-electron chi connectivity index (χ3n) is 6.24. The van der Waals surface area contributed by atoms with Crippen LogP contribution in [0.4, 0.5) is 5.69 Å². The Kier molecular flexibility index (Phi) is 6.77. The number of hydrogen-bond donors (Lipinski definition) is 2. The number of aromatic nitrogens is 2. The predicted molar refractivity (Wildman–Crippen MR) is 137 cm³/mol. The molecule has 2 amide bonds. The second-order valence-corrected chi connectivity index (χ2v) is 8.73. The Labute approximate surface area is 204 Å². The molecule has 2 aromatic heterocycles. The number of nitrogens with zero attached hydrogens (tertiary/aromatic N) is 3. The molecule has 0 aliphatic carbocycles. The number of carbonyl (C=O) groups excluding carboxylic acids is 2. The summed E-state index contributed by atoms with van der Waals surface area (Å²) in [4.78, 5) is 36.9. The van der Waals surface area contributed by atoms with Gasteiger partial charge in [0.05, 0.1) is 29.0 Å². The lowest BCUT2D eigenvalue weighted by atomic mass is 10.0. The number of amides is 2. The number of rotatable bonds is 6. The quantitative estimate of drug-likeness (QED) is 0.447. The molecule has 0 saturated carbocycles. The molecule has 1 aliphatic rings. The van der Waals surface area contributed by atoms with Crippen LogP contribution in [0.2, 0.25) is 0 Å². The van der Waals surface area contributed by atoms with Crippen molar-refractivity contribution in [1.82, 2.24) is 20.2 Å². The van der Waals surface area contributed by atoms with Crippen molar-refractivity contribution in [2.75, 3.05) is 25.0 Å². The molecular formula is C28H27N5O2. The number of anilines is 1. The van der Waals surface area contributed by atoms with Gasteiger partial charge in [-0.1, -0.05) is 42.5 Å². The summed E-state index contributed by atoms with van der Waals surface area (Å²) in [6.45, 7) is 1.85. The monoisotopic (exact) mass is 465 g/mol. The van der Waals surface area contributed by atoms with Crippen molar-refractivity contribution >= 4 is 28.4 Å². The lowest BCUT2D eigenvalue weighted by molar-refractivity contribution is -0.117. The topological polar surface area (TPSA) is 87.2 Å². The summed E-state index contributed by atoms with van der Waals surface area (Å²) in [5.41, 5.74) is 3.57. The first-order valence-electron chi connectivity index (χ1n) is 11.8. The summed E-state index contributed by atoms with van der Waals surface area (Å²) in [6, 6.07) is 24.7. The molecule has 1 saturated heterocycles. The molecule has 7 heteroatoms. The Morgan fingerprint density at radius 2 is 1.63 bits per heavy atom. The maximum atomic E-state index is 13.3. The number of hydrogen-bond acceptors (Lipinski definition) is 5. The van der Waals surface area contributed by atoms with E-state index in [4.69, 9.17) is 4.98 Å². The second-order valence-electron chi connectivity index (χ2n) is 8.73. The third-order valence-corrected chi connectivity index (χ3v) is 6.24. The molecule has 176 valence electrons. The van der Waals surface area contributed by atoms with Crippen LogP contribution in [0.15, 0.2) is 85.1 Å². The van der Waals surface area contributed by atoms with Gasteiger partial charge in [-0.25, -0.2) is 4.98 Å². The Bertz CT molecular complexity index is 1320. The van der Waals surface area contributed by atoms with E-state index in [0.717, 1.165) is 48.2 Å². The minimum atomic E-state index is -0.110. The van der Waals surface area contributed by atoms with Gasteiger partial charge >= 0.3 is 0 Å². The van der Waals surface area contributed by atoms with Gasteiger partial charge in [-0.15, -0.1) is 0 Å². The molecule has 3 heterocycles. The van der Waals surface area contributed by atoms with Gasteiger partial charge in [-0.3, -0.25) is 19.5 Å². The fraction of sp³-hybridized carbons (Fsp3) is 0.214. The lowest BCUT2D eigenvalue weighted by Gasteiger charge is -2.32. The summed E-state index contributed by atoms with van der Waals surface area (Å²) < 4.78 is 0. The minimum absolute atomic E-state index is 0.0241. The van der Waals surface area contributed by atoms with Crippen LogP contribution in [0.3, 0.4) is 0 Å². The maximum absolute atomic E-state index is 13.3. The molecule has 0 radical (unpaired) electrons. The number of carbonyl (C=O) groups is 2. The zero-order valence-electron chi connectivity index (χ0n) is 19.4. The van der Waals surface area contributed by atoms with Gasteiger partial charge in [-0.2, -0.15) is 0 Å². The Morgan fingerprint density at radius 3 is 2.40 bits per heavy atom. The zero-order chi connectivity index (χ0) is 24.0. The molecule has 4 aromatic rings. The first-order chi connectivity index (χ1) is 17.2. The normalized spacial score (nSPS) is 14.5. The lowest BCUT2D eigenvalue weighted by Crippen LogP contribution is -2.46. The van der Waals surface area contributed by atoms with Gasteiger partial charge in [-0.05, 0) is 49.2 Å². The molecule has 7 nitrogen and oxygen atoms in total. The number of likely N-dealkylation sites (tertiary alicyclic amines) is 1. The van der Waals surface area contributed by atoms with Crippen LogP contribution in [-0.2, 0) is 4.79 Å². The number of pyridine rings is 2. The van der Waals surface area contributed by atoms with Gasteiger partial charge < -0.3 is 10.6 Å². The van der Waals surface area contributed by atoms with Gasteiger partial charge in [0.25, 0.3) is 5.91 Å². The highest BCUT2D eigenvalue weighted by atomic mass is 16.2. The standard InChI is InChI=1S/C28H27N5O2/c34-27(30-20-8-2-1-3-9-20)19-33-16-13-21(14-17-33)31-28(35)23-18-26(25-12-6-7-15-29-25)32-24-11-5-4-10-22(23)24/h1-12,15,18,21H,13-14,16-17,19H2,(H,30,34)(H,31,35).